The minimum absolute atomic E-state index is 0.139. The van der Waals surface area contributed by atoms with E-state index in [2.05, 4.69) is 11.0 Å². The highest BCUT2D eigenvalue weighted by atomic mass is 16.7. The molecule has 0 heterocycles. The van der Waals surface area contributed by atoms with Crippen LogP contribution in [-0.4, -0.2) is 35.2 Å². The Kier molecular flexibility index (Phi) is 7.78. The molecule has 0 radical (unpaired) electrons. The first kappa shape index (κ1) is 18.2. The fraction of sp³-hybridized carbons (Fsp3) is 0.875. The second-order valence-corrected chi connectivity index (χ2v) is 6.52. The first-order valence-electron chi connectivity index (χ1n) is 8.74. The third kappa shape index (κ3) is 6.85. The Morgan fingerprint density at radius 1 is 0.870 bits per heavy atom. The highest BCUT2D eigenvalue weighted by molar-refractivity contribution is 5.81. The van der Waals surface area contributed by atoms with E-state index in [1.165, 1.54) is 12.8 Å². The average Bonchev–Trinajstić information content (AvgIpc) is 2.59. The van der Waals surface area contributed by atoms with Gasteiger partial charge >= 0.3 is 11.9 Å². The van der Waals surface area contributed by atoms with Crippen LogP contribution >= 0.6 is 0 Å². The molecule has 2 rings (SSSR count). The summed E-state index contributed by atoms with van der Waals surface area (Å²) >= 11 is 0. The molecule has 3 N–H and O–H groups in total. The van der Waals surface area contributed by atoms with Crippen LogP contribution in [-0.2, 0) is 19.3 Å². The van der Waals surface area contributed by atoms with Crippen molar-refractivity contribution in [3.8, 4) is 0 Å². The predicted octanol–water partition coefficient (Wildman–Crippen LogP) is 1.50. The maximum Gasteiger partial charge on any atom is 0.354 e. The maximum atomic E-state index is 11.7. The van der Waals surface area contributed by atoms with Crippen molar-refractivity contribution >= 4 is 11.9 Å². The molecule has 0 spiro atoms. The topological polar surface area (TPSA) is 96.9 Å². The van der Waals surface area contributed by atoms with Crippen molar-refractivity contribution in [2.45, 2.75) is 88.8 Å². The van der Waals surface area contributed by atoms with Crippen LogP contribution in [0.5, 0.6) is 0 Å². The number of hydrogen-bond acceptors (Lipinski definition) is 7. The van der Waals surface area contributed by atoms with Crippen molar-refractivity contribution in [1.82, 2.24) is 11.0 Å². The Morgan fingerprint density at radius 2 is 1.35 bits per heavy atom. The largest absolute Gasteiger partial charge is 0.381 e. The molecule has 2 aliphatic carbocycles. The van der Waals surface area contributed by atoms with E-state index in [1.54, 1.807) is 0 Å². The summed E-state index contributed by atoms with van der Waals surface area (Å²) in [5.74, 6) is -1.50. The molecule has 0 aliphatic heterocycles. The Morgan fingerprint density at radius 3 is 1.87 bits per heavy atom. The third-order valence-corrected chi connectivity index (χ3v) is 4.51. The van der Waals surface area contributed by atoms with Crippen LogP contribution in [0, 0.1) is 0 Å². The standard InChI is InChI=1S/C16H28N2O5/c19-14(16(21)23-18-13-9-5-2-6-10-13)11-15(20)22-17-12-7-3-1-4-8-12/h12-14,17-19H,1-11H2. The molecule has 2 aliphatic rings. The van der Waals surface area contributed by atoms with Crippen LogP contribution < -0.4 is 11.0 Å². The molecule has 0 aromatic carbocycles. The molecule has 2 fully saturated rings. The van der Waals surface area contributed by atoms with Crippen LogP contribution in [0.2, 0.25) is 0 Å². The zero-order valence-corrected chi connectivity index (χ0v) is 13.6. The molecule has 7 nitrogen and oxygen atoms in total. The quantitative estimate of drug-likeness (QED) is 0.609. The van der Waals surface area contributed by atoms with E-state index < -0.39 is 24.5 Å². The minimum Gasteiger partial charge on any atom is -0.381 e. The number of hydroxylamine groups is 2. The van der Waals surface area contributed by atoms with E-state index in [9.17, 15) is 14.7 Å². The summed E-state index contributed by atoms with van der Waals surface area (Å²) in [6, 6.07) is 0.310. The van der Waals surface area contributed by atoms with Crippen molar-refractivity contribution in [2.24, 2.45) is 0 Å². The molecule has 7 heteroatoms. The molecular weight excluding hydrogens is 300 g/mol. The van der Waals surface area contributed by atoms with Crippen LogP contribution in [0.25, 0.3) is 0 Å². The molecule has 0 aromatic heterocycles. The van der Waals surface area contributed by atoms with Gasteiger partial charge in [-0.25, -0.2) is 4.79 Å². The Bertz CT molecular complexity index is 379. The number of aliphatic hydroxyl groups excluding tert-OH is 1. The molecule has 0 bridgehead atoms. The SMILES string of the molecule is O=C(CC(O)C(=O)ONC1CCCCC1)ONC1CCCCC1. The molecule has 2 saturated carbocycles. The van der Waals surface area contributed by atoms with Crippen LogP contribution in [0.15, 0.2) is 0 Å². The summed E-state index contributed by atoms with van der Waals surface area (Å²) in [7, 11) is 0. The second kappa shape index (κ2) is 9.85. The summed E-state index contributed by atoms with van der Waals surface area (Å²) in [4.78, 5) is 33.1. The van der Waals surface area contributed by atoms with E-state index in [4.69, 9.17) is 9.68 Å². The lowest BCUT2D eigenvalue weighted by molar-refractivity contribution is -0.170. The van der Waals surface area contributed by atoms with Gasteiger partial charge < -0.3 is 14.8 Å². The molecule has 1 unspecified atom stereocenters. The number of aliphatic hydroxyl groups is 1. The normalized spacial score (nSPS) is 21.6. The second-order valence-electron chi connectivity index (χ2n) is 6.52. The number of carbonyl (C=O) groups excluding carboxylic acids is 2. The lowest BCUT2D eigenvalue weighted by Gasteiger charge is -2.23. The summed E-state index contributed by atoms with van der Waals surface area (Å²) < 4.78 is 0. The zero-order valence-electron chi connectivity index (χ0n) is 13.6. The summed E-state index contributed by atoms with van der Waals surface area (Å²) in [5, 5.41) is 9.71. The molecule has 0 saturated heterocycles. The Hall–Kier alpha value is -1.18. The summed E-state index contributed by atoms with van der Waals surface area (Å²) in [5.41, 5.74) is 5.40. The highest BCUT2D eigenvalue weighted by Crippen LogP contribution is 2.18. The van der Waals surface area contributed by atoms with Crippen molar-refractivity contribution in [3.05, 3.63) is 0 Å². The number of rotatable bonds is 7. The van der Waals surface area contributed by atoms with E-state index in [-0.39, 0.29) is 12.1 Å². The monoisotopic (exact) mass is 328 g/mol. The molecule has 1 atom stereocenters. The van der Waals surface area contributed by atoms with E-state index in [0.29, 0.717) is 0 Å². The fourth-order valence-corrected chi connectivity index (χ4v) is 3.08. The van der Waals surface area contributed by atoms with E-state index in [1.807, 2.05) is 0 Å². The summed E-state index contributed by atoms with van der Waals surface area (Å²) in [6.07, 6.45) is 8.82. The van der Waals surface area contributed by atoms with Crippen molar-refractivity contribution in [2.75, 3.05) is 0 Å². The molecule has 23 heavy (non-hydrogen) atoms. The highest BCUT2D eigenvalue weighted by Gasteiger charge is 2.24. The molecule has 0 amide bonds. The van der Waals surface area contributed by atoms with Gasteiger partial charge in [-0.15, -0.1) is 5.48 Å². The number of carbonyl (C=O) groups is 2. The number of hydrogen-bond donors (Lipinski definition) is 3. The van der Waals surface area contributed by atoms with Crippen LogP contribution in [0.1, 0.15) is 70.6 Å². The Labute approximate surface area is 137 Å². The van der Waals surface area contributed by atoms with Crippen LogP contribution in [0.4, 0.5) is 0 Å². The minimum atomic E-state index is -1.51. The molecular formula is C16H28N2O5. The van der Waals surface area contributed by atoms with Gasteiger partial charge in [-0.2, -0.15) is 5.48 Å². The van der Waals surface area contributed by atoms with Crippen molar-refractivity contribution < 1.29 is 24.4 Å². The van der Waals surface area contributed by atoms with Crippen molar-refractivity contribution in [1.29, 1.82) is 0 Å². The first-order valence-corrected chi connectivity index (χ1v) is 8.74. The predicted molar refractivity (Wildman–Crippen MR) is 82.8 cm³/mol. The average molecular weight is 328 g/mol. The van der Waals surface area contributed by atoms with Gasteiger partial charge in [0.25, 0.3) is 0 Å². The van der Waals surface area contributed by atoms with Crippen molar-refractivity contribution in [3.63, 3.8) is 0 Å². The molecule has 132 valence electrons. The third-order valence-electron chi connectivity index (χ3n) is 4.51. The first-order chi connectivity index (χ1) is 11.1. The smallest absolute Gasteiger partial charge is 0.354 e. The fourth-order valence-electron chi connectivity index (χ4n) is 3.08. The van der Waals surface area contributed by atoms with E-state index >= 15 is 0 Å². The van der Waals surface area contributed by atoms with Gasteiger partial charge in [0.2, 0.25) is 0 Å². The van der Waals surface area contributed by atoms with Gasteiger partial charge in [-0.05, 0) is 25.7 Å². The van der Waals surface area contributed by atoms with Gasteiger partial charge in [0, 0.05) is 12.1 Å². The molecule has 0 aromatic rings. The number of nitrogens with one attached hydrogen (secondary N) is 2. The van der Waals surface area contributed by atoms with Gasteiger partial charge in [-0.3, -0.25) is 4.79 Å². The zero-order chi connectivity index (χ0) is 16.5. The van der Waals surface area contributed by atoms with Gasteiger partial charge in [0.1, 0.15) is 0 Å². The van der Waals surface area contributed by atoms with E-state index in [0.717, 1.165) is 51.4 Å². The lowest BCUT2D eigenvalue weighted by Crippen LogP contribution is -2.39. The maximum absolute atomic E-state index is 11.7. The van der Waals surface area contributed by atoms with Crippen LogP contribution in [0.3, 0.4) is 0 Å². The lowest BCUT2D eigenvalue weighted by atomic mass is 9.96. The Balaban J connectivity index is 1.58. The van der Waals surface area contributed by atoms with Gasteiger partial charge in [0.15, 0.2) is 6.10 Å². The van der Waals surface area contributed by atoms with Gasteiger partial charge in [0.05, 0.1) is 6.42 Å². The summed E-state index contributed by atoms with van der Waals surface area (Å²) in [6.45, 7) is 0. The van der Waals surface area contributed by atoms with Gasteiger partial charge in [-0.1, -0.05) is 38.5 Å².